The lowest BCUT2D eigenvalue weighted by Gasteiger charge is -2.27. The number of nitrogens with zero attached hydrogens (tertiary/aromatic N) is 1. The molecule has 1 aromatic rings. The number of carbonyl (C=O) groups is 1. The molecule has 1 aromatic carbocycles. The lowest BCUT2D eigenvalue weighted by Crippen LogP contribution is -2.45. The Morgan fingerprint density at radius 3 is 2.68 bits per heavy atom. The quantitative estimate of drug-likeness (QED) is 0.932. The lowest BCUT2D eigenvalue weighted by molar-refractivity contribution is -0.00578. The summed E-state index contributed by atoms with van der Waals surface area (Å²) in [4.78, 5) is 13.9. The molecule has 1 amide bonds. The Balaban J connectivity index is 1.59. The molecule has 1 fully saturated rings. The van der Waals surface area contributed by atoms with E-state index in [1.165, 1.54) is 16.7 Å². The predicted molar refractivity (Wildman–Crippen MR) is 83.4 cm³/mol. The number of ether oxygens (including phenoxy) is 2. The summed E-state index contributed by atoms with van der Waals surface area (Å²) < 4.78 is 10.6. The first-order valence-electron chi connectivity index (χ1n) is 7.80. The average molecular weight is 304 g/mol. The van der Waals surface area contributed by atoms with Crippen LogP contribution in [0.1, 0.15) is 37.5 Å². The van der Waals surface area contributed by atoms with E-state index in [4.69, 9.17) is 9.47 Å². The molecule has 0 aliphatic carbocycles. The summed E-state index contributed by atoms with van der Waals surface area (Å²) in [5.74, 6) is 0. The van der Waals surface area contributed by atoms with Crippen molar-refractivity contribution in [3.8, 4) is 0 Å². The van der Waals surface area contributed by atoms with Gasteiger partial charge in [-0.2, -0.15) is 0 Å². The third-order valence-corrected chi connectivity index (χ3v) is 3.88. The standard InChI is InChI=1S/C17H24N2O3/c1-17(2,3)22-16(20)19-8-13-5-4-12(6-14(13)9-19)7-18-15-10-21-11-15/h4-6,15,18H,7-11H2,1-3H3. The summed E-state index contributed by atoms with van der Waals surface area (Å²) in [6.07, 6.45) is -0.241. The van der Waals surface area contributed by atoms with Gasteiger partial charge in [0.15, 0.2) is 0 Å². The molecule has 2 heterocycles. The maximum atomic E-state index is 12.2. The van der Waals surface area contributed by atoms with E-state index in [9.17, 15) is 4.79 Å². The number of hydrogen-bond acceptors (Lipinski definition) is 4. The SMILES string of the molecule is CC(C)(C)OC(=O)N1Cc2ccc(CNC3COC3)cc2C1. The molecule has 3 rings (SSSR count). The molecular formula is C17H24N2O3. The van der Waals surface area contributed by atoms with E-state index in [2.05, 4.69) is 23.5 Å². The third kappa shape index (κ3) is 3.59. The van der Waals surface area contributed by atoms with Crippen molar-refractivity contribution >= 4 is 6.09 Å². The number of hydrogen-bond donors (Lipinski definition) is 1. The summed E-state index contributed by atoms with van der Waals surface area (Å²) >= 11 is 0. The van der Waals surface area contributed by atoms with Crippen molar-refractivity contribution in [1.29, 1.82) is 0 Å². The van der Waals surface area contributed by atoms with Crippen LogP contribution in [0.25, 0.3) is 0 Å². The van der Waals surface area contributed by atoms with Gasteiger partial charge >= 0.3 is 6.09 Å². The summed E-state index contributed by atoms with van der Waals surface area (Å²) in [6.45, 7) is 9.38. The normalized spacial score (nSPS) is 18.0. The maximum absolute atomic E-state index is 12.2. The Morgan fingerprint density at radius 1 is 1.32 bits per heavy atom. The summed E-state index contributed by atoms with van der Waals surface area (Å²) in [5.41, 5.74) is 3.22. The van der Waals surface area contributed by atoms with Crippen LogP contribution < -0.4 is 5.32 Å². The van der Waals surface area contributed by atoms with Crippen molar-refractivity contribution in [1.82, 2.24) is 10.2 Å². The number of nitrogens with one attached hydrogen (secondary N) is 1. The first-order chi connectivity index (χ1) is 10.4. The van der Waals surface area contributed by atoms with Gasteiger partial charge in [-0.15, -0.1) is 0 Å². The van der Waals surface area contributed by atoms with Gasteiger partial charge < -0.3 is 14.8 Å². The first kappa shape index (κ1) is 15.3. The van der Waals surface area contributed by atoms with Crippen LogP contribution in [0.3, 0.4) is 0 Å². The molecule has 0 saturated carbocycles. The fraction of sp³-hybridized carbons (Fsp3) is 0.588. The smallest absolute Gasteiger partial charge is 0.410 e. The molecule has 5 nitrogen and oxygen atoms in total. The van der Waals surface area contributed by atoms with Crippen molar-refractivity contribution in [2.75, 3.05) is 13.2 Å². The van der Waals surface area contributed by atoms with Gasteiger partial charge in [-0.05, 0) is 37.5 Å². The van der Waals surface area contributed by atoms with Crippen molar-refractivity contribution in [3.63, 3.8) is 0 Å². The van der Waals surface area contributed by atoms with Crippen LogP contribution in [-0.2, 0) is 29.1 Å². The number of benzene rings is 1. The molecule has 0 unspecified atom stereocenters. The molecule has 0 atom stereocenters. The number of carbonyl (C=O) groups excluding carboxylic acids is 1. The Kier molecular flexibility index (Phi) is 4.10. The highest BCUT2D eigenvalue weighted by molar-refractivity contribution is 5.69. The molecule has 22 heavy (non-hydrogen) atoms. The van der Waals surface area contributed by atoms with Gasteiger partial charge in [0, 0.05) is 19.6 Å². The zero-order valence-electron chi connectivity index (χ0n) is 13.5. The van der Waals surface area contributed by atoms with E-state index in [1.54, 1.807) is 4.90 Å². The van der Waals surface area contributed by atoms with E-state index in [0.717, 1.165) is 19.8 Å². The minimum atomic E-state index is -0.453. The van der Waals surface area contributed by atoms with Gasteiger partial charge in [0.2, 0.25) is 0 Å². The zero-order chi connectivity index (χ0) is 15.7. The Morgan fingerprint density at radius 2 is 2.05 bits per heavy atom. The van der Waals surface area contributed by atoms with Gasteiger partial charge in [-0.25, -0.2) is 4.79 Å². The lowest BCUT2D eigenvalue weighted by atomic mass is 10.1. The number of rotatable bonds is 3. The molecule has 1 N–H and O–H groups in total. The molecule has 0 bridgehead atoms. The first-order valence-corrected chi connectivity index (χ1v) is 7.80. The maximum Gasteiger partial charge on any atom is 0.410 e. The van der Waals surface area contributed by atoms with E-state index >= 15 is 0 Å². The predicted octanol–water partition coefficient (Wildman–Crippen LogP) is 2.43. The molecule has 120 valence electrons. The minimum Gasteiger partial charge on any atom is -0.444 e. The van der Waals surface area contributed by atoms with Crippen LogP contribution in [0.2, 0.25) is 0 Å². The van der Waals surface area contributed by atoms with Crippen LogP contribution in [0.15, 0.2) is 18.2 Å². The summed E-state index contributed by atoms with van der Waals surface area (Å²) in [6, 6.07) is 6.91. The second kappa shape index (κ2) is 5.89. The van der Waals surface area contributed by atoms with Crippen molar-refractivity contribution in [2.45, 2.75) is 52.0 Å². The van der Waals surface area contributed by atoms with Crippen LogP contribution in [0.4, 0.5) is 4.79 Å². The monoisotopic (exact) mass is 304 g/mol. The molecule has 0 aromatic heterocycles. The van der Waals surface area contributed by atoms with Gasteiger partial charge in [-0.1, -0.05) is 18.2 Å². The molecule has 5 heteroatoms. The highest BCUT2D eigenvalue weighted by atomic mass is 16.6. The average Bonchev–Trinajstić information content (AvgIpc) is 2.78. The van der Waals surface area contributed by atoms with Crippen molar-refractivity contribution in [3.05, 3.63) is 34.9 Å². The zero-order valence-corrected chi connectivity index (χ0v) is 13.5. The van der Waals surface area contributed by atoms with Crippen LogP contribution in [0.5, 0.6) is 0 Å². The van der Waals surface area contributed by atoms with Crippen LogP contribution in [-0.4, -0.2) is 35.8 Å². The Bertz CT molecular complexity index is 562. The summed E-state index contributed by atoms with van der Waals surface area (Å²) in [5, 5.41) is 3.46. The second-order valence-electron chi connectivity index (χ2n) is 7.05. The Labute approximate surface area is 131 Å². The number of amides is 1. The van der Waals surface area contributed by atoms with Crippen LogP contribution in [0, 0.1) is 0 Å². The highest BCUT2D eigenvalue weighted by Crippen LogP contribution is 2.25. The molecular weight excluding hydrogens is 280 g/mol. The molecule has 0 radical (unpaired) electrons. The summed E-state index contributed by atoms with van der Waals surface area (Å²) in [7, 11) is 0. The van der Waals surface area contributed by atoms with Crippen molar-refractivity contribution < 1.29 is 14.3 Å². The molecule has 2 aliphatic rings. The fourth-order valence-corrected chi connectivity index (χ4v) is 2.63. The fourth-order valence-electron chi connectivity index (χ4n) is 2.63. The molecule has 1 saturated heterocycles. The molecule has 2 aliphatic heterocycles. The second-order valence-corrected chi connectivity index (χ2v) is 7.05. The largest absolute Gasteiger partial charge is 0.444 e. The van der Waals surface area contributed by atoms with E-state index in [1.807, 2.05) is 20.8 Å². The van der Waals surface area contributed by atoms with Gasteiger partial charge in [0.25, 0.3) is 0 Å². The highest BCUT2D eigenvalue weighted by Gasteiger charge is 2.27. The van der Waals surface area contributed by atoms with E-state index in [-0.39, 0.29) is 6.09 Å². The Hall–Kier alpha value is -1.59. The number of fused-ring (bicyclic) bond motifs is 1. The van der Waals surface area contributed by atoms with Gasteiger partial charge in [-0.3, -0.25) is 4.90 Å². The van der Waals surface area contributed by atoms with Crippen molar-refractivity contribution in [2.24, 2.45) is 0 Å². The van der Waals surface area contributed by atoms with Gasteiger partial charge in [0.1, 0.15) is 5.60 Å². The van der Waals surface area contributed by atoms with Gasteiger partial charge in [0.05, 0.1) is 19.3 Å². The molecule has 0 spiro atoms. The van der Waals surface area contributed by atoms with E-state index in [0.29, 0.717) is 19.1 Å². The van der Waals surface area contributed by atoms with E-state index < -0.39 is 5.60 Å². The minimum absolute atomic E-state index is 0.241. The third-order valence-electron chi connectivity index (χ3n) is 3.88. The topological polar surface area (TPSA) is 50.8 Å². The van der Waals surface area contributed by atoms with Crippen LogP contribution >= 0.6 is 0 Å².